The van der Waals surface area contributed by atoms with Crippen molar-refractivity contribution < 1.29 is 23.9 Å². The summed E-state index contributed by atoms with van der Waals surface area (Å²) >= 11 is 2.55. The number of rotatable bonds is 7. The molecule has 134 valence electrons. The van der Waals surface area contributed by atoms with Gasteiger partial charge >= 0.3 is 11.9 Å². The van der Waals surface area contributed by atoms with Gasteiger partial charge < -0.3 is 14.8 Å². The summed E-state index contributed by atoms with van der Waals surface area (Å²) in [5, 5.41) is 4.83. The van der Waals surface area contributed by atoms with Crippen LogP contribution in [-0.4, -0.2) is 31.1 Å². The zero-order valence-corrected chi connectivity index (χ0v) is 15.8. The molecule has 2 rings (SSSR count). The lowest BCUT2D eigenvalue weighted by Crippen LogP contribution is -2.21. The number of hydrogen-bond donors (Lipinski definition) is 1. The Morgan fingerprint density at radius 1 is 1.16 bits per heavy atom. The number of carbonyl (C=O) groups is 3. The molecular formula is C17H19NO5S2. The van der Waals surface area contributed by atoms with Crippen molar-refractivity contribution in [2.45, 2.75) is 27.2 Å². The molecule has 0 aliphatic heterocycles. The van der Waals surface area contributed by atoms with Crippen LogP contribution in [0.1, 0.15) is 44.3 Å². The molecule has 2 heterocycles. The number of amides is 1. The van der Waals surface area contributed by atoms with Crippen molar-refractivity contribution in [1.82, 2.24) is 0 Å². The van der Waals surface area contributed by atoms with Gasteiger partial charge in [0.15, 0.2) is 6.61 Å². The van der Waals surface area contributed by atoms with E-state index in [1.165, 1.54) is 22.7 Å². The van der Waals surface area contributed by atoms with E-state index < -0.39 is 24.5 Å². The van der Waals surface area contributed by atoms with Crippen molar-refractivity contribution in [2.24, 2.45) is 0 Å². The van der Waals surface area contributed by atoms with E-state index in [2.05, 4.69) is 5.32 Å². The van der Waals surface area contributed by atoms with E-state index >= 15 is 0 Å². The summed E-state index contributed by atoms with van der Waals surface area (Å²) in [6, 6.07) is 3.35. The molecule has 0 saturated heterocycles. The fourth-order valence-corrected chi connectivity index (χ4v) is 4.04. The monoisotopic (exact) mass is 381 g/mol. The Kier molecular flexibility index (Phi) is 6.72. The highest BCUT2D eigenvalue weighted by Crippen LogP contribution is 2.34. The Morgan fingerprint density at radius 3 is 2.52 bits per heavy atom. The molecule has 0 aliphatic rings. The first-order valence-corrected chi connectivity index (χ1v) is 9.47. The van der Waals surface area contributed by atoms with E-state index in [0.29, 0.717) is 21.9 Å². The zero-order valence-electron chi connectivity index (χ0n) is 14.2. The maximum absolute atomic E-state index is 12.2. The average molecular weight is 381 g/mol. The first-order valence-electron chi connectivity index (χ1n) is 7.77. The summed E-state index contributed by atoms with van der Waals surface area (Å²) < 4.78 is 10.1. The normalized spacial score (nSPS) is 10.4. The van der Waals surface area contributed by atoms with Gasteiger partial charge in [0.1, 0.15) is 9.88 Å². The number of carbonyl (C=O) groups excluding carboxylic acids is 3. The van der Waals surface area contributed by atoms with Crippen LogP contribution in [0.2, 0.25) is 0 Å². The van der Waals surface area contributed by atoms with E-state index in [0.717, 1.165) is 10.4 Å². The lowest BCUT2D eigenvalue weighted by Gasteiger charge is -2.08. The molecule has 0 unspecified atom stereocenters. The Bertz CT molecular complexity index is 764. The third-order valence-corrected chi connectivity index (χ3v) is 5.26. The number of thiophene rings is 2. The van der Waals surface area contributed by atoms with Crippen LogP contribution in [0.5, 0.6) is 0 Å². The number of nitrogens with one attached hydrogen (secondary N) is 1. The number of aryl methyl sites for hydroxylation is 1. The lowest BCUT2D eigenvalue weighted by atomic mass is 10.1. The van der Waals surface area contributed by atoms with Gasteiger partial charge in [-0.3, -0.25) is 4.79 Å². The summed E-state index contributed by atoms with van der Waals surface area (Å²) in [7, 11) is 0. The second kappa shape index (κ2) is 8.77. The second-order valence-corrected chi connectivity index (χ2v) is 7.19. The molecule has 8 heteroatoms. The highest BCUT2D eigenvalue weighted by molar-refractivity contribution is 7.16. The topological polar surface area (TPSA) is 81.7 Å². The maximum Gasteiger partial charge on any atom is 0.348 e. The summed E-state index contributed by atoms with van der Waals surface area (Å²) in [5.74, 6) is -1.51. The van der Waals surface area contributed by atoms with E-state index in [1.54, 1.807) is 24.4 Å². The molecule has 6 nitrogen and oxygen atoms in total. The van der Waals surface area contributed by atoms with Crippen LogP contribution in [0.4, 0.5) is 5.00 Å². The van der Waals surface area contributed by atoms with Gasteiger partial charge in [0, 0.05) is 4.88 Å². The summed E-state index contributed by atoms with van der Waals surface area (Å²) in [5.41, 5.74) is 1.24. The predicted molar refractivity (Wildman–Crippen MR) is 97.6 cm³/mol. The van der Waals surface area contributed by atoms with Gasteiger partial charge in [-0.25, -0.2) is 9.59 Å². The quantitative estimate of drug-likeness (QED) is 0.740. The minimum Gasteiger partial charge on any atom is -0.462 e. The largest absolute Gasteiger partial charge is 0.462 e. The maximum atomic E-state index is 12.2. The molecule has 1 amide bonds. The first kappa shape index (κ1) is 19.1. The molecule has 0 spiro atoms. The molecule has 0 bridgehead atoms. The van der Waals surface area contributed by atoms with Gasteiger partial charge in [0.25, 0.3) is 5.91 Å². The standard InChI is InChI=1S/C17H19NO5S2/c1-4-11-10(3)25-15(14(11)17(21)22-5-2)18-13(19)9-23-16(20)12-7-6-8-24-12/h6-8H,4-5,9H2,1-3H3,(H,18,19). The van der Waals surface area contributed by atoms with Crippen molar-refractivity contribution in [1.29, 1.82) is 0 Å². The van der Waals surface area contributed by atoms with Gasteiger partial charge in [-0.05, 0) is 37.3 Å². The fraction of sp³-hybridized carbons (Fsp3) is 0.353. The van der Waals surface area contributed by atoms with Crippen molar-refractivity contribution in [3.05, 3.63) is 38.4 Å². The van der Waals surface area contributed by atoms with E-state index in [-0.39, 0.29) is 6.61 Å². The lowest BCUT2D eigenvalue weighted by molar-refractivity contribution is -0.119. The van der Waals surface area contributed by atoms with Crippen LogP contribution in [0.15, 0.2) is 17.5 Å². The molecular weight excluding hydrogens is 362 g/mol. The first-order chi connectivity index (χ1) is 12.0. The third kappa shape index (κ3) is 4.67. The minimum absolute atomic E-state index is 0.253. The van der Waals surface area contributed by atoms with Crippen LogP contribution < -0.4 is 5.32 Å². The molecule has 0 aliphatic carbocycles. The number of ether oxygens (including phenoxy) is 2. The minimum atomic E-state index is -0.549. The van der Waals surface area contributed by atoms with Crippen molar-refractivity contribution in [2.75, 3.05) is 18.5 Å². The van der Waals surface area contributed by atoms with Gasteiger partial charge in [-0.2, -0.15) is 0 Å². The predicted octanol–water partition coefficient (Wildman–Crippen LogP) is 3.65. The van der Waals surface area contributed by atoms with Gasteiger partial charge in [0.2, 0.25) is 0 Å². The van der Waals surface area contributed by atoms with E-state index in [4.69, 9.17) is 9.47 Å². The zero-order chi connectivity index (χ0) is 18.4. The Balaban J connectivity index is 2.07. The number of hydrogen-bond acceptors (Lipinski definition) is 7. The van der Waals surface area contributed by atoms with Crippen molar-refractivity contribution in [3.63, 3.8) is 0 Å². The fourth-order valence-electron chi connectivity index (χ4n) is 2.27. The molecule has 25 heavy (non-hydrogen) atoms. The SMILES string of the molecule is CCOC(=O)c1c(NC(=O)COC(=O)c2cccs2)sc(C)c1CC. The highest BCUT2D eigenvalue weighted by atomic mass is 32.1. The second-order valence-electron chi connectivity index (χ2n) is 5.02. The molecule has 0 radical (unpaired) electrons. The third-order valence-electron chi connectivity index (χ3n) is 3.35. The van der Waals surface area contributed by atoms with Crippen LogP contribution >= 0.6 is 22.7 Å². The van der Waals surface area contributed by atoms with Gasteiger partial charge in [0.05, 0.1) is 12.2 Å². The van der Waals surface area contributed by atoms with Crippen molar-refractivity contribution in [3.8, 4) is 0 Å². The molecule has 0 fully saturated rings. The summed E-state index contributed by atoms with van der Waals surface area (Å²) in [4.78, 5) is 37.4. The van der Waals surface area contributed by atoms with Crippen LogP contribution in [0.3, 0.4) is 0 Å². The van der Waals surface area contributed by atoms with Crippen LogP contribution in [-0.2, 0) is 20.7 Å². The van der Waals surface area contributed by atoms with Crippen molar-refractivity contribution >= 4 is 45.5 Å². The smallest absolute Gasteiger partial charge is 0.348 e. The molecule has 1 N–H and O–H groups in total. The molecule has 0 saturated carbocycles. The number of esters is 2. The Morgan fingerprint density at radius 2 is 1.92 bits per heavy atom. The molecule has 0 aromatic carbocycles. The summed E-state index contributed by atoms with van der Waals surface area (Å²) in [6.07, 6.45) is 0.652. The highest BCUT2D eigenvalue weighted by Gasteiger charge is 2.23. The van der Waals surface area contributed by atoms with E-state index in [9.17, 15) is 14.4 Å². The Labute approximate surface area is 153 Å². The van der Waals surface area contributed by atoms with Crippen LogP contribution in [0, 0.1) is 6.92 Å². The van der Waals surface area contributed by atoms with Gasteiger partial charge in [-0.15, -0.1) is 22.7 Å². The average Bonchev–Trinajstić information content (AvgIpc) is 3.20. The Hall–Kier alpha value is -2.19. The molecule has 2 aromatic rings. The van der Waals surface area contributed by atoms with Crippen LogP contribution in [0.25, 0.3) is 0 Å². The molecule has 0 atom stereocenters. The van der Waals surface area contributed by atoms with E-state index in [1.807, 2.05) is 13.8 Å². The molecule has 2 aromatic heterocycles. The van der Waals surface area contributed by atoms with Gasteiger partial charge in [-0.1, -0.05) is 13.0 Å². The number of anilines is 1. The summed E-state index contributed by atoms with van der Waals surface area (Å²) in [6.45, 7) is 5.38.